The Morgan fingerprint density at radius 3 is 2.90 bits per heavy atom. The lowest BCUT2D eigenvalue weighted by atomic mass is 10.1. The normalized spacial score (nSPS) is 15.6. The molecule has 1 aliphatic heterocycles. The fraction of sp³-hybridized carbons (Fsp3) is 0.429. The molecule has 0 saturated carbocycles. The van der Waals surface area contributed by atoms with Gasteiger partial charge >= 0.3 is 0 Å². The van der Waals surface area contributed by atoms with Crippen LogP contribution in [0.5, 0.6) is 0 Å². The zero-order valence-corrected chi connectivity index (χ0v) is 11.8. The third-order valence-corrected chi connectivity index (χ3v) is 3.72. The number of aromatic nitrogens is 4. The van der Waals surface area contributed by atoms with Gasteiger partial charge in [0.15, 0.2) is 0 Å². The third kappa shape index (κ3) is 2.85. The molecule has 0 atom stereocenters. The maximum absolute atomic E-state index is 11.7. The zero-order chi connectivity index (χ0) is 14.8. The molecule has 1 aliphatic rings. The lowest BCUT2D eigenvalue weighted by molar-refractivity contribution is 0.0941. The molecule has 0 radical (unpaired) electrons. The topological polar surface area (TPSA) is 79.7 Å². The van der Waals surface area contributed by atoms with Crippen LogP contribution in [0.15, 0.2) is 29.6 Å². The molecule has 0 bridgehead atoms. The molecule has 21 heavy (non-hydrogen) atoms. The van der Waals surface area contributed by atoms with Crippen molar-refractivity contribution >= 4 is 0 Å². The molecule has 1 saturated heterocycles. The van der Waals surface area contributed by atoms with Gasteiger partial charge in [-0.05, 0) is 6.92 Å². The second-order valence-electron chi connectivity index (χ2n) is 5.30. The average Bonchev–Trinajstić information content (AvgIpc) is 2.87. The van der Waals surface area contributed by atoms with E-state index in [-0.39, 0.29) is 5.56 Å². The number of hydrogen-bond donors (Lipinski definition) is 0. The van der Waals surface area contributed by atoms with Crippen LogP contribution in [0, 0.1) is 18.3 Å². The first-order chi connectivity index (χ1) is 10.2. The van der Waals surface area contributed by atoms with Crippen molar-refractivity contribution in [2.24, 2.45) is 0 Å². The van der Waals surface area contributed by atoms with E-state index in [2.05, 4.69) is 21.1 Å². The van der Waals surface area contributed by atoms with Crippen LogP contribution in [-0.2, 0) is 6.54 Å². The van der Waals surface area contributed by atoms with E-state index in [1.165, 1.54) is 0 Å². The summed E-state index contributed by atoms with van der Waals surface area (Å²) in [6, 6.07) is 3.94. The molecule has 2 aromatic heterocycles. The number of nitrogens with zero attached hydrogens (tertiary/aromatic N) is 6. The number of hydrogen-bond acceptors (Lipinski definition) is 5. The number of rotatable bonds is 4. The molecule has 108 valence electrons. The van der Waals surface area contributed by atoms with E-state index >= 15 is 0 Å². The first-order valence-electron chi connectivity index (χ1n) is 6.85. The highest BCUT2D eigenvalue weighted by Gasteiger charge is 2.28. The first-order valence-corrected chi connectivity index (χ1v) is 6.85. The van der Waals surface area contributed by atoms with Gasteiger partial charge in [0.2, 0.25) is 0 Å². The van der Waals surface area contributed by atoms with Crippen LogP contribution in [-0.4, -0.2) is 43.9 Å². The summed E-state index contributed by atoms with van der Waals surface area (Å²) < 4.78 is 3.47. The van der Waals surface area contributed by atoms with Crippen LogP contribution >= 0.6 is 0 Å². The van der Waals surface area contributed by atoms with Gasteiger partial charge in [0.25, 0.3) is 5.56 Å². The number of likely N-dealkylation sites (tertiary alicyclic amines) is 1. The summed E-state index contributed by atoms with van der Waals surface area (Å²) in [6.07, 6.45) is 4.96. The molecule has 0 unspecified atom stereocenters. The zero-order valence-electron chi connectivity index (χ0n) is 11.8. The Morgan fingerprint density at radius 1 is 1.43 bits per heavy atom. The van der Waals surface area contributed by atoms with Crippen LogP contribution < -0.4 is 5.56 Å². The maximum atomic E-state index is 11.7. The molecule has 0 amide bonds. The molecule has 2 aromatic rings. The van der Waals surface area contributed by atoms with Crippen molar-refractivity contribution in [3.05, 3.63) is 46.4 Å². The minimum atomic E-state index is -0.00897. The second-order valence-corrected chi connectivity index (χ2v) is 5.30. The van der Waals surface area contributed by atoms with Gasteiger partial charge in [-0.2, -0.15) is 10.4 Å². The standard InChI is InChI=1S/C14H16N6O/c1-11-4-14(21)19(10-16-11)3-2-18-8-13(9-18)20-7-12(5-15)6-17-20/h4,6-7,10,13H,2-3,8-9H2,1H3. The highest BCUT2D eigenvalue weighted by atomic mass is 16.1. The van der Waals surface area contributed by atoms with E-state index in [1.807, 2.05) is 11.6 Å². The molecular formula is C14H16N6O. The summed E-state index contributed by atoms with van der Waals surface area (Å²) in [7, 11) is 0. The Bertz CT molecular complexity index is 734. The smallest absolute Gasteiger partial charge is 0.253 e. The van der Waals surface area contributed by atoms with Crippen LogP contribution in [0.4, 0.5) is 0 Å². The second kappa shape index (κ2) is 5.50. The van der Waals surface area contributed by atoms with Crippen LogP contribution in [0.3, 0.4) is 0 Å². The monoisotopic (exact) mass is 284 g/mol. The summed E-state index contributed by atoms with van der Waals surface area (Å²) in [4.78, 5) is 18.1. The van der Waals surface area contributed by atoms with Crippen molar-refractivity contribution in [1.82, 2.24) is 24.2 Å². The molecular weight excluding hydrogens is 268 g/mol. The summed E-state index contributed by atoms with van der Waals surface area (Å²) in [5.41, 5.74) is 1.32. The van der Waals surface area contributed by atoms with Gasteiger partial charge in [-0.25, -0.2) is 4.98 Å². The Balaban J connectivity index is 1.51. The molecule has 3 heterocycles. The van der Waals surface area contributed by atoms with Gasteiger partial charge < -0.3 is 0 Å². The predicted molar refractivity (Wildman–Crippen MR) is 75.7 cm³/mol. The Morgan fingerprint density at radius 2 is 2.24 bits per heavy atom. The predicted octanol–water partition coefficient (Wildman–Crippen LogP) is 0.177. The fourth-order valence-electron chi connectivity index (χ4n) is 2.42. The first kappa shape index (κ1) is 13.5. The minimum Gasteiger partial charge on any atom is -0.298 e. The van der Waals surface area contributed by atoms with Gasteiger partial charge in [-0.15, -0.1) is 0 Å². The number of aryl methyl sites for hydroxylation is 1. The quantitative estimate of drug-likeness (QED) is 0.800. The van der Waals surface area contributed by atoms with Crippen molar-refractivity contribution in [2.75, 3.05) is 19.6 Å². The molecule has 1 fully saturated rings. The van der Waals surface area contributed by atoms with Crippen molar-refractivity contribution in [1.29, 1.82) is 5.26 Å². The van der Waals surface area contributed by atoms with Crippen molar-refractivity contribution < 1.29 is 0 Å². The van der Waals surface area contributed by atoms with Crippen molar-refractivity contribution in [2.45, 2.75) is 19.5 Å². The lowest BCUT2D eigenvalue weighted by Crippen LogP contribution is -2.49. The van der Waals surface area contributed by atoms with Crippen LogP contribution in [0.2, 0.25) is 0 Å². The molecule has 0 aromatic carbocycles. The van der Waals surface area contributed by atoms with E-state index < -0.39 is 0 Å². The molecule has 0 N–H and O–H groups in total. The minimum absolute atomic E-state index is 0.00897. The van der Waals surface area contributed by atoms with Gasteiger partial charge in [-0.1, -0.05) is 0 Å². The summed E-state index contributed by atoms with van der Waals surface area (Å²) in [6.45, 7) is 5.04. The Labute approximate surface area is 122 Å². The maximum Gasteiger partial charge on any atom is 0.253 e. The molecule has 7 heteroatoms. The van der Waals surface area contributed by atoms with E-state index in [1.54, 1.807) is 29.4 Å². The Kier molecular flexibility index (Phi) is 3.54. The van der Waals surface area contributed by atoms with Crippen LogP contribution in [0.1, 0.15) is 17.3 Å². The van der Waals surface area contributed by atoms with Crippen molar-refractivity contribution in [3.63, 3.8) is 0 Å². The van der Waals surface area contributed by atoms with Crippen molar-refractivity contribution in [3.8, 4) is 6.07 Å². The van der Waals surface area contributed by atoms with E-state index in [4.69, 9.17) is 5.26 Å². The van der Waals surface area contributed by atoms with Gasteiger partial charge in [0.05, 0.1) is 24.1 Å². The summed E-state index contributed by atoms with van der Waals surface area (Å²) >= 11 is 0. The SMILES string of the molecule is Cc1cc(=O)n(CCN2CC(n3cc(C#N)cn3)C2)cn1. The fourth-order valence-corrected chi connectivity index (χ4v) is 2.42. The third-order valence-electron chi connectivity index (χ3n) is 3.72. The van der Waals surface area contributed by atoms with E-state index in [9.17, 15) is 4.79 Å². The molecule has 0 spiro atoms. The number of nitriles is 1. The summed E-state index contributed by atoms with van der Waals surface area (Å²) in [5.74, 6) is 0. The molecule has 7 nitrogen and oxygen atoms in total. The Hall–Kier alpha value is -2.46. The molecule has 3 rings (SSSR count). The van der Waals surface area contributed by atoms with Gasteiger partial charge in [-0.3, -0.25) is 18.9 Å². The average molecular weight is 284 g/mol. The summed E-state index contributed by atoms with van der Waals surface area (Å²) in [5, 5.41) is 13.0. The largest absolute Gasteiger partial charge is 0.298 e. The van der Waals surface area contributed by atoms with Gasteiger partial charge in [0.1, 0.15) is 6.07 Å². The molecule has 0 aliphatic carbocycles. The van der Waals surface area contributed by atoms with Crippen LogP contribution in [0.25, 0.3) is 0 Å². The van der Waals surface area contributed by atoms with E-state index in [0.29, 0.717) is 18.2 Å². The van der Waals surface area contributed by atoms with Gasteiger partial charge in [0, 0.05) is 44.1 Å². The highest BCUT2D eigenvalue weighted by molar-refractivity contribution is 5.22. The lowest BCUT2D eigenvalue weighted by Gasteiger charge is -2.39. The highest BCUT2D eigenvalue weighted by Crippen LogP contribution is 2.20. The van der Waals surface area contributed by atoms with E-state index in [0.717, 1.165) is 25.3 Å².